The van der Waals surface area contributed by atoms with E-state index in [2.05, 4.69) is 140 Å². The van der Waals surface area contributed by atoms with Gasteiger partial charge in [0.1, 0.15) is 0 Å². The number of hydrogen-bond donors (Lipinski definition) is 0. The highest BCUT2D eigenvalue weighted by atomic mass is 15.2. The maximum absolute atomic E-state index is 5.09. The molecule has 4 atom stereocenters. The molecule has 6 aromatic carbocycles. The first-order valence-corrected chi connectivity index (χ1v) is 18.6. The molecule has 0 bridgehead atoms. The van der Waals surface area contributed by atoms with E-state index >= 15 is 0 Å². The molecule has 1 fully saturated rings. The molecule has 10 rings (SSSR count). The molecule has 2 aliphatic carbocycles. The van der Waals surface area contributed by atoms with Crippen LogP contribution in [0.3, 0.4) is 0 Å². The lowest BCUT2D eigenvalue weighted by Crippen LogP contribution is -2.41. The molecule has 4 heteroatoms. The first-order valence-electron chi connectivity index (χ1n) is 18.6. The highest BCUT2D eigenvalue weighted by molar-refractivity contribution is 5.81. The minimum atomic E-state index is 0.148. The van der Waals surface area contributed by atoms with E-state index in [9.17, 15) is 0 Å². The minimum absolute atomic E-state index is 0.148. The van der Waals surface area contributed by atoms with Crippen LogP contribution in [0.5, 0.6) is 0 Å². The van der Waals surface area contributed by atoms with Gasteiger partial charge < -0.3 is 4.90 Å². The third kappa shape index (κ3) is 4.92. The number of hydrogen-bond acceptors (Lipinski definition) is 4. The number of anilines is 2. The molecule has 7 aromatic rings. The van der Waals surface area contributed by atoms with E-state index in [1.54, 1.807) is 5.56 Å². The molecule has 52 heavy (non-hydrogen) atoms. The van der Waals surface area contributed by atoms with E-state index in [0.29, 0.717) is 41.3 Å². The molecule has 1 saturated carbocycles. The predicted molar refractivity (Wildman–Crippen MR) is 212 cm³/mol. The van der Waals surface area contributed by atoms with E-state index in [-0.39, 0.29) is 5.41 Å². The third-order valence-electron chi connectivity index (χ3n) is 12.1. The summed E-state index contributed by atoms with van der Waals surface area (Å²) < 4.78 is 0. The van der Waals surface area contributed by atoms with Crippen LogP contribution < -0.4 is 4.90 Å². The Hall–Kier alpha value is -5.87. The summed E-state index contributed by atoms with van der Waals surface area (Å²) in [6.45, 7) is 4.96. The molecule has 0 saturated heterocycles. The zero-order chi connectivity index (χ0) is 34.8. The summed E-state index contributed by atoms with van der Waals surface area (Å²) in [6.07, 6.45) is 2.35. The van der Waals surface area contributed by atoms with Gasteiger partial charge >= 0.3 is 0 Å². The highest BCUT2D eigenvalue weighted by Crippen LogP contribution is 2.65. The highest BCUT2D eigenvalue weighted by Gasteiger charge is 2.56. The van der Waals surface area contributed by atoms with Gasteiger partial charge in [0.15, 0.2) is 17.5 Å². The molecule has 3 aliphatic rings. The average molecular weight is 673 g/mol. The van der Waals surface area contributed by atoms with Gasteiger partial charge in [-0.3, -0.25) is 0 Å². The predicted octanol–water partition coefficient (Wildman–Crippen LogP) is 11.6. The molecule has 2 heterocycles. The summed E-state index contributed by atoms with van der Waals surface area (Å²) in [7, 11) is 0. The van der Waals surface area contributed by atoms with Crippen molar-refractivity contribution in [2.45, 2.75) is 50.0 Å². The number of benzene rings is 6. The fraction of sp³-hybridized carbons (Fsp3) is 0.188. The quantitative estimate of drug-likeness (QED) is 0.182. The minimum Gasteiger partial charge on any atom is -0.337 e. The molecule has 252 valence electrons. The van der Waals surface area contributed by atoms with Gasteiger partial charge in [-0.1, -0.05) is 153 Å². The fourth-order valence-corrected chi connectivity index (χ4v) is 9.77. The van der Waals surface area contributed by atoms with Crippen LogP contribution in [0.4, 0.5) is 11.4 Å². The topological polar surface area (TPSA) is 41.9 Å². The molecule has 0 spiro atoms. The second kappa shape index (κ2) is 12.1. The molecule has 4 nitrogen and oxygen atoms in total. The molecule has 0 N–H and O–H groups in total. The lowest BCUT2D eigenvalue weighted by molar-refractivity contribution is 0.199. The number of rotatable bonds is 5. The average Bonchev–Trinajstić information content (AvgIpc) is 3.66. The molecule has 1 aliphatic heterocycles. The molecule has 0 radical (unpaired) electrons. The Bertz CT molecular complexity index is 2360. The number of nitrogens with zero attached hydrogens (tertiary/aromatic N) is 4. The zero-order valence-electron chi connectivity index (χ0n) is 29.5. The van der Waals surface area contributed by atoms with E-state index in [1.807, 2.05) is 36.4 Å². The van der Waals surface area contributed by atoms with Gasteiger partial charge in [-0.25, -0.2) is 15.0 Å². The van der Waals surface area contributed by atoms with Crippen LogP contribution >= 0.6 is 0 Å². The van der Waals surface area contributed by atoms with Gasteiger partial charge in [0.2, 0.25) is 0 Å². The lowest BCUT2D eigenvalue weighted by atomic mass is 9.63. The number of fused-ring (bicyclic) bond motifs is 7. The van der Waals surface area contributed by atoms with Crippen molar-refractivity contribution in [3.8, 4) is 45.3 Å². The largest absolute Gasteiger partial charge is 0.337 e. The molecular weight excluding hydrogens is 633 g/mol. The molecule has 4 unspecified atom stereocenters. The Kier molecular flexibility index (Phi) is 7.21. The standard InChI is InChI=1S/C48H40N4/c1-48(2)39-24-13-12-23-37(39)43-40(48)27-28-41-44(43)38-26-25-34(31-15-6-3-7-16-31)30-42(38)52(41)36-22-14-21-35(29-36)47-50-45(32-17-8-4-9-18-32)49-46(51-47)33-19-10-5-11-20-33/h3-26,29-30,40-41,43-44H,27-28H2,1-2H3. The monoisotopic (exact) mass is 672 g/mol. The van der Waals surface area contributed by atoms with Crippen molar-refractivity contribution >= 4 is 11.4 Å². The van der Waals surface area contributed by atoms with Crippen LogP contribution in [0.15, 0.2) is 158 Å². The van der Waals surface area contributed by atoms with Crippen molar-refractivity contribution in [2.75, 3.05) is 4.90 Å². The van der Waals surface area contributed by atoms with Gasteiger partial charge in [-0.15, -0.1) is 0 Å². The molecule has 1 aromatic heterocycles. The summed E-state index contributed by atoms with van der Waals surface area (Å²) in [5, 5.41) is 0. The van der Waals surface area contributed by atoms with Crippen molar-refractivity contribution in [3.05, 3.63) is 174 Å². The Labute approximate surface area is 305 Å². The van der Waals surface area contributed by atoms with Crippen LogP contribution in [0.25, 0.3) is 45.3 Å². The van der Waals surface area contributed by atoms with Gasteiger partial charge in [-0.2, -0.15) is 0 Å². The van der Waals surface area contributed by atoms with Crippen molar-refractivity contribution in [1.29, 1.82) is 0 Å². The SMILES string of the molecule is CC1(C)c2ccccc2C2C3c4ccc(-c5ccccc5)cc4N(c4cccc(-c5nc(-c6ccccc6)nc(-c6ccccc6)n5)c4)C3CCC21. The second-order valence-electron chi connectivity index (χ2n) is 15.2. The van der Waals surface area contributed by atoms with Gasteiger partial charge in [0.25, 0.3) is 0 Å². The Morgan fingerprint density at radius 2 is 1.06 bits per heavy atom. The first kappa shape index (κ1) is 30.9. The fourth-order valence-electron chi connectivity index (χ4n) is 9.77. The normalized spacial score (nSPS) is 20.8. The van der Waals surface area contributed by atoms with Crippen molar-refractivity contribution < 1.29 is 0 Å². The van der Waals surface area contributed by atoms with Gasteiger partial charge in [-0.05, 0) is 76.1 Å². The van der Waals surface area contributed by atoms with Crippen LogP contribution in [-0.4, -0.2) is 21.0 Å². The Morgan fingerprint density at radius 1 is 0.481 bits per heavy atom. The Morgan fingerprint density at radius 3 is 1.73 bits per heavy atom. The summed E-state index contributed by atoms with van der Waals surface area (Å²) in [5.41, 5.74) is 12.6. The first-order chi connectivity index (χ1) is 25.5. The van der Waals surface area contributed by atoms with Crippen molar-refractivity contribution in [3.63, 3.8) is 0 Å². The van der Waals surface area contributed by atoms with E-state index in [0.717, 1.165) is 23.1 Å². The van der Waals surface area contributed by atoms with Crippen molar-refractivity contribution in [1.82, 2.24) is 15.0 Å². The lowest BCUT2D eigenvalue weighted by Gasteiger charge is -2.43. The third-order valence-corrected chi connectivity index (χ3v) is 12.1. The smallest absolute Gasteiger partial charge is 0.164 e. The summed E-state index contributed by atoms with van der Waals surface area (Å²) in [6, 6.07) is 57.0. The maximum Gasteiger partial charge on any atom is 0.164 e. The molecular formula is C48H40N4. The zero-order valence-corrected chi connectivity index (χ0v) is 29.5. The molecule has 0 amide bonds. The van der Waals surface area contributed by atoms with Crippen LogP contribution in [0.2, 0.25) is 0 Å². The summed E-state index contributed by atoms with van der Waals surface area (Å²) in [4.78, 5) is 17.8. The maximum atomic E-state index is 5.09. The second-order valence-corrected chi connectivity index (χ2v) is 15.2. The number of aromatic nitrogens is 3. The van der Waals surface area contributed by atoms with Crippen LogP contribution in [-0.2, 0) is 5.41 Å². The van der Waals surface area contributed by atoms with Crippen LogP contribution in [0.1, 0.15) is 55.2 Å². The van der Waals surface area contributed by atoms with Gasteiger partial charge in [0.05, 0.1) is 0 Å². The Balaban J connectivity index is 1.13. The van der Waals surface area contributed by atoms with Crippen LogP contribution in [0, 0.1) is 5.92 Å². The van der Waals surface area contributed by atoms with E-state index in [1.165, 1.54) is 40.0 Å². The van der Waals surface area contributed by atoms with Gasteiger partial charge in [0, 0.05) is 40.0 Å². The van der Waals surface area contributed by atoms with E-state index < -0.39 is 0 Å². The van der Waals surface area contributed by atoms with Crippen molar-refractivity contribution in [2.24, 2.45) is 5.92 Å². The summed E-state index contributed by atoms with van der Waals surface area (Å²) in [5.74, 6) is 3.52. The van der Waals surface area contributed by atoms with E-state index in [4.69, 9.17) is 15.0 Å². The summed E-state index contributed by atoms with van der Waals surface area (Å²) >= 11 is 0.